The molecule has 0 spiro atoms. The summed E-state index contributed by atoms with van der Waals surface area (Å²) >= 11 is 0. The summed E-state index contributed by atoms with van der Waals surface area (Å²) < 4.78 is 0. The molecule has 1 aromatic carbocycles. The molecule has 1 aliphatic rings. The van der Waals surface area contributed by atoms with Gasteiger partial charge in [-0.1, -0.05) is 0 Å². The number of aryl methyl sites for hydroxylation is 1. The number of nitrogens with one attached hydrogen (secondary N) is 1. The summed E-state index contributed by atoms with van der Waals surface area (Å²) in [5.74, 6) is 0.224. The molecule has 1 saturated heterocycles. The summed E-state index contributed by atoms with van der Waals surface area (Å²) in [7, 11) is 0. The number of hydrogen-bond donors (Lipinski definition) is 1. The zero-order valence-corrected chi connectivity index (χ0v) is 12.2. The van der Waals surface area contributed by atoms with Gasteiger partial charge in [-0.15, -0.1) is 0 Å². The van der Waals surface area contributed by atoms with Gasteiger partial charge >= 0.3 is 0 Å². The summed E-state index contributed by atoms with van der Waals surface area (Å²) in [6.45, 7) is 3.67. The van der Waals surface area contributed by atoms with E-state index in [0.717, 1.165) is 30.9 Å². The van der Waals surface area contributed by atoms with Crippen LogP contribution in [-0.2, 0) is 11.3 Å². The van der Waals surface area contributed by atoms with E-state index < -0.39 is 0 Å². The van der Waals surface area contributed by atoms with Crippen LogP contribution in [0.5, 0.6) is 0 Å². The lowest BCUT2D eigenvalue weighted by atomic mass is 10.1. The minimum absolute atomic E-state index is 0.224. The molecule has 4 heteroatoms. The largest absolute Gasteiger partial charge is 0.381 e. The Balaban J connectivity index is 1.65. The van der Waals surface area contributed by atoms with Crippen molar-refractivity contribution in [3.8, 4) is 0 Å². The number of hydrogen-bond acceptors (Lipinski definition) is 3. The van der Waals surface area contributed by atoms with E-state index in [4.69, 9.17) is 0 Å². The third-order valence-corrected chi connectivity index (χ3v) is 3.88. The van der Waals surface area contributed by atoms with Crippen LogP contribution in [0.3, 0.4) is 0 Å². The fraction of sp³-hybridized carbons (Fsp3) is 0.294. The summed E-state index contributed by atoms with van der Waals surface area (Å²) in [5.41, 5.74) is 4.46. The van der Waals surface area contributed by atoms with E-state index in [2.05, 4.69) is 17.2 Å². The molecule has 1 aromatic heterocycles. The molecule has 1 N–H and O–H groups in total. The van der Waals surface area contributed by atoms with Crippen molar-refractivity contribution in [3.63, 3.8) is 0 Å². The zero-order valence-electron chi connectivity index (χ0n) is 12.2. The monoisotopic (exact) mass is 281 g/mol. The first-order valence-corrected chi connectivity index (χ1v) is 7.28. The third kappa shape index (κ3) is 3.05. The number of aromatic nitrogens is 1. The first kappa shape index (κ1) is 13.6. The van der Waals surface area contributed by atoms with Crippen LogP contribution in [0.15, 0.2) is 42.7 Å². The molecule has 108 valence electrons. The van der Waals surface area contributed by atoms with Gasteiger partial charge in [-0.05, 0) is 54.8 Å². The molecule has 0 unspecified atom stereocenters. The number of rotatable bonds is 4. The van der Waals surface area contributed by atoms with E-state index in [0.29, 0.717) is 6.42 Å². The van der Waals surface area contributed by atoms with E-state index in [1.807, 2.05) is 41.4 Å². The van der Waals surface area contributed by atoms with Crippen molar-refractivity contribution in [1.29, 1.82) is 0 Å². The highest BCUT2D eigenvalue weighted by Gasteiger charge is 2.21. The molecule has 1 amide bonds. The number of carbonyl (C=O) groups excluding carboxylic acids is 1. The second-order valence-electron chi connectivity index (χ2n) is 5.35. The van der Waals surface area contributed by atoms with Crippen molar-refractivity contribution < 1.29 is 4.79 Å². The van der Waals surface area contributed by atoms with Crippen molar-refractivity contribution in [3.05, 3.63) is 53.9 Å². The second-order valence-corrected chi connectivity index (χ2v) is 5.35. The van der Waals surface area contributed by atoms with E-state index in [-0.39, 0.29) is 5.91 Å². The number of amides is 1. The highest BCUT2D eigenvalue weighted by molar-refractivity contribution is 5.95. The Labute approximate surface area is 124 Å². The van der Waals surface area contributed by atoms with E-state index in [1.165, 1.54) is 11.1 Å². The summed E-state index contributed by atoms with van der Waals surface area (Å²) in [6, 6.07) is 10.1. The van der Waals surface area contributed by atoms with Crippen LogP contribution in [0.1, 0.15) is 24.0 Å². The Morgan fingerprint density at radius 2 is 2.05 bits per heavy atom. The lowest BCUT2D eigenvalue weighted by Crippen LogP contribution is -2.23. The zero-order chi connectivity index (χ0) is 14.7. The maximum absolute atomic E-state index is 11.7. The van der Waals surface area contributed by atoms with E-state index >= 15 is 0 Å². The van der Waals surface area contributed by atoms with Crippen LogP contribution in [-0.4, -0.2) is 17.4 Å². The highest BCUT2D eigenvalue weighted by Crippen LogP contribution is 2.23. The maximum Gasteiger partial charge on any atom is 0.227 e. The number of anilines is 2. The molecule has 0 atom stereocenters. The molecule has 0 saturated carbocycles. The first-order chi connectivity index (χ1) is 10.2. The van der Waals surface area contributed by atoms with Gasteiger partial charge in [0.05, 0.1) is 0 Å². The standard InChI is InChI=1S/C17H19N3O/c1-13-8-9-18-11-14(13)12-19-15-4-6-16(7-5-15)20-10-2-3-17(20)21/h4-9,11,19H,2-3,10,12H2,1H3. The SMILES string of the molecule is Cc1ccncc1CNc1ccc(N2CCCC2=O)cc1. The van der Waals surface area contributed by atoms with Gasteiger partial charge < -0.3 is 10.2 Å². The van der Waals surface area contributed by atoms with Gasteiger partial charge in [0.2, 0.25) is 5.91 Å². The Morgan fingerprint density at radius 3 is 2.71 bits per heavy atom. The van der Waals surface area contributed by atoms with Crippen LogP contribution in [0.2, 0.25) is 0 Å². The van der Waals surface area contributed by atoms with Gasteiger partial charge in [-0.3, -0.25) is 9.78 Å². The van der Waals surface area contributed by atoms with Crippen molar-refractivity contribution in [2.45, 2.75) is 26.3 Å². The minimum atomic E-state index is 0.224. The van der Waals surface area contributed by atoms with E-state index in [1.54, 1.807) is 6.20 Å². The van der Waals surface area contributed by atoms with Crippen molar-refractivity contribution in [1.82, 2.24) is 4.98 Å². The predicted octanol–water partition coefficient (Wildman–Crippen LogP) is 3.13. The predicted molar refractivity (Wildman–Crippen MR) is 84.3 cm³/mol. The topological polar surface area (TPSA) is 45.2 Å². The van der Waals surface area contributed by atoms with Gasteiger partial charge in [-0.2, -0.15) is 0 Å². The Morgan fingerprint density at radius 1 is 1.24 bits per heavy atom. The van der Waals surface area contributed by atoms with Gasteiger partial charge in [0.1, 0.15) is 0 Å². The molecule has 3 rings (SSSR count). The molecule has 0 radical (unpaired) electrons. The molecule has 0 bridgehead atoms. The number of benzene rings is 1. The smallest absolute Gasteiger partial charge is 0.227 e. The van der Waals surface area contributed by atoms with E-state index in [9.17, 15) is 4.79 Å². The fourth-order valence-electron chi connectivity index (χ4n) is 2.56. The lowest BCUT2D eigenvalue weighted by molar-refractivity contribution is -0.117. The van der Waals surface area contributed by atoms with Crippen LogP contribution in [0.4, 0.5) is 11.4 Å². The van der Waals surface area contributed by atoms with Crippen molar-refractivity contribution in [2.75, 3.05) is 16.8 Å². The second kappa shape index (κ2) is 5.95. The molecule has 1 aliphatic heterocycles. The summed E-state index contributed by atoms with van der Waals surface area (Å²) in [4.78, 5) is 17.7. The van der Waals surface area contributed by atoms with Gasteiger partial charge in [-0.25, -0.2) is 0 Å². The van der Waals surface area contributed by atoms with Crippen molar-refractivity contribution >= 4 is 17.3 Å². The van der Waals surface area contributed by atoms with Crippen LogP contribution >= 0.6 is 0 Å². The molecule has 1 fully saturated rings. The number of nitrogens with zero attached hydrogens (tertiary/aromatic N) is 2. The first-order valence-electron chi connectivity index (χ1n) is 7.28. The van der Waals surface area contributed by atoms with Crippen molar-refractivity contribution in [2.24, 2.45) is 0 Å². The lowest BCUT2D eigenvalue weighted by Gasteiger charge is -2.16. The van der Waals surface area contributed by atoms with Crippen LogP contribution < -0.4 is 10.2 Å². The normalized spacial score (nSPS) is 14.5. The molecule has 4 nitrogen and oxygen atoms in total. The molecule has 2 heterocycles. The molecule has 2 aromatic rings. The number of carbonyl (C=O) groups is 1. The Bertz CT molecular complexity index is 637. The summed E-state index contributed by atoms with van der Waals surface area (Å²) in [6.07, 6.45) is 5.32. The van der Waals surface area contributed by atoms with Gasteiger partial charge in [0.15, 0.2) is 0 Å². The van der Waals surface area contributed by atoms with Crippen LogP contribution in [0.25, 0.3) is 0 Å². The molecule has 21 heavy (non-hydrogen) atoms. The average Bonchev–Trinajstić information content (AvgIpc) is 2.93. The number of pyridine rings is 1. The molecule has 0 aliphatic carbocycles. The quantitative estimate of drug-likeness (QED) is 0.936. The Kier molecular flexibility index (Phi) is 3.86. The highest BCUT2D eigenvalue weighted by atomic mass is 16.2. The minimum Gasteiger partial charge on any atom is -0.381 e. The van der Waals surface area contributed by atoms with Gasteiger partial charge in [0, 0.05) is 43.3 Å². The average molecular weight is 281 g/mol. The Hall–Kier alpha value is -2.36. The summed E-state index contributed by atoms with van der Waals surface area (Å²) in [5, 5.41) is 3.39. The molecular weight excluding hydrogens is 262 g/mol. The third-order valence-electron chi connectivity index (χ3n) is 3.88. The molecular formula is C17H19N3O. The maximum atomic E-state index is 11.7. The van der Waals surface area contributed by atoms with Crippen LogP contribution in [0, 0.1) is 6.92 Å². The van der Waals surface area contributed by atoms with Gasteiger partial charge in [0.25, 0.3) is 0 Å². The fourth-order valence-corrected chi connectivity index (χ4v) is 2.56.